The van der Waals surface area contributed by atoms with Crippen molar-refractivity contribution in [3.05, 3.63) is 45.4 Å². The van der Waals surface area contributed by atoms with Crippen LogP contribution in [0.2, 0.25) is 0 Å². The number of fused-ring (bicyclic) bond motifs is 4. The van der Waals surface area contributed by atoms with E-state index in [-0.39, 0.29) is 34.9 Å². The van der Waals surface area contributed by atoms with Crippen LogP contribution in [0.1, 0.15) is 67.1 Å². The molecule has 1 saturated carbocycles. The van der Waals surface area contributed by atoms with Gasteiger partial charge in [-0.2, -0.15) is 4.98 Å². The highest BCUT2D eigenvalue weighted by atomic mass is 16.5. The second-order valence-electron chi connectivity index (χ2n) is 12.6. The summed E-state index contributed by atoms with van der Waals surface area (Å²) in [6, 6.07) is 4.83. The average molecular weight is 586 g/mol. The highest BCUT2D eigenvalue weighted by Gasteiger charge is 2.40. The fourth-order valence-corrected chi connectivity index (χ4v) is 7.51. The maximum absolute atomic E-state index is 13.6. The standard InChI is InChI=1S/C32H39N7O4/c1-18-11-22(12-27-29(18)38-10-9-36(16-25(38)17-43-27)24-14-37(15-24)21(4)41)34-32-33-13-26-19(2)28(20(3)40)31(42)39(30(26)35-32)23-7-5-6-8-23/h11-13,23-25H,5-10,14-17H2,1-4H3,(H,33,34,35)/t25-/m1/s1. The lowest BCUT2D eigenvalue weighted by Crippen LogP contribution is -2.67. The van der Waals surface area contributed by atoms with Crippen molar-refractivity contribution in [1.82, 2.24) is 24.3 Å². The van der Waals surface area contributed by atoms with Gasteiger partial charge < -0.3 is 19.9 Å². The zero-order chi connectivity index (χ0) is 30.0. The van der Waals surface area contributed by atoms with E-state index >= 15 is 0 Å². The number of ether oxygens (including phenoxy) is 1. The van der Waals surface area contributed by atoms with Crippen molar-refractivity contribution >= 4 is 40.0 Å². The molecule has 0 unspecified atom stereocenters. The van der Waals surface area contributed by atoms with E-state index in [1.165, 1.54) is 6.92 Å². The number of Topliss-reactive ketones (excluding diaryl/α,β-unsaturated/α-hetero) is 1. The van der Waals surface area contributed by atoms with Gasteiger partial charge in [0.05, 0.1) is 17.3 Å². The summed E-state index contributed by atoms with van der Waals surface area (Å²) < 4.78 is 8.06. The van der Waals surface area contributed by atoms with Crippen LogP contribution in [0.5, 0.6) is 5.75 Å². The largest absolute Gasteiger partial charge is 0.489 e. The molecule has 3 fully saturated rings. The van der Waals surface area contributed by atoms with Crippen molar-refractivity contribution in [3.63, 3.8) is 0 Å². The molecule has 3 aromatic rings. The summed E-state index contributed by atoms with van der Waals surface area (Å²) in [4.78, 5) is 54.0. The molecule has 0 spiro atoms. The first-order valence-electron chi connectivity index (χ1n) is 15.4. The van der Waals surface area contributed by atoms with Gasteiger partial charge in [-0.3, -0.25) is 23.9 Å². The van der Waals surface area contributed by atoms with Gasteiger partial charge in [-0.15, -0.1) is 0 Å². The molecule has 1 amide bonds. The monoisotopic (exact) mass is 585 g/mol. The number of rotatable bonds is 5. The number of ketones is 1. The Kier molecular flexibility index (Phi) is 6.87. The summed E-state index contributed by atoms with van der Waals surface area (Å²) in [6.45, 7) is 12.0. The molecule has 4 aliphatic rings. The maximum Gasteiger partial charge on any atom is 0.263 e. The van der Waals surface area contributed by atoms with Gasteiger partial charge in [-0.25, -0.2) is 4.98 Å². The van der Waals surface area contributed by atoms with Crippen LogP contribution in [-0.2, 0) is 4.79 Å². The molecule has 11 heteroatoms. The molecule has 0 bridgehead atoms. The molecule has 1 atom stereocenters. The Hall–Kier alpha value is -3.99. The van der Waals surface area contributed by atoms with Crippen LogP contribution in [0, 0.1) is 13.8 Å². The number of benzene rings is 1. The number of carbonyl (C=O) groups is 2. The Morgan fingerprint density at radius 3 is 2.49 bits per heavy atom. The van der Waals surface area contributed by atoms with Gasteiger partial charge >= 0.3 is 0 Å². The molecule has 7 rings (SSSR count). The van der Waals surface area contributed by atoms with E-state index < -0.39 is 0 Å². The Bertz CT molecular complexity index is 1690. The van der Waals surface area contributed by atoms with Crippen molar-refractivity contribution in [2.75, 3.05) is 49.5 Å². The Labute approximate surface area is 250 Å². The van der Waals surface area contributed by atoms with Crippen molar-refractivity contribution in [1.29, 1.82) is 0 Å². The third-order valence-electron chi connectivity index (χ3n) is 9.83. The number of nitrogens with zero attached hydrogens (tertiary/aromatic N) is 6. The normalized spacial score (nSPS) is 20.9. The summed E-state index contributed by atoms with van der Waals surface area (Å²) in [5.41, 5.74) is 4.23. The first-order chi connectivity index (χ1) is 20.7. The molecule has 5 heterocycles. The Balaban J connectivity index is 1.15. The van der Waals surface area contributed by atoms with Crippen LogP contribution >= 0.6 is 0 Å². The number of likely N-dealkylation sites (tertiary alicyclic amines) is 1. The van der Waals surface area contributed by atoms with Crippen molar-refractivity contribution < 1.29 is 14.3 Å². The number of piperazine rings is 1. The van der Waals surface area contributed by atoms with E-state index in [1.54, 1.807) is 24.6 Å². The molecule has 3 aliphatic heterocycles. The van der Waals surface area contributed by atoms with Crippen molar-refractivity contribution in [2.24, 2.45) is 0 Å². The van der Waals surface area contributed by atoms with E-state index in [9.17, 15) is 14.4 Å². The highest BCUT2D eigenvalue weighted by molar-refractivity contribution is 5.99. The summed E-state index contributed by atoms with van der Waals surface area (Å²) in [6.07, 6.45) is 5.64. The van der Waals surface area contributed by atoms with Crippen LogP contribution < -0.4 is 20.5 Å². The molecule has 1 aromatic carbocycles. The molecular formula is C32H39N7O4. The minimum atomic E-state index is -0.254. The number of nitrogens with one attached hydrogen (secondary N) is 1. The fourth-order valence-electron chi connectivity index (χ4n) is 7.51. The second-order valence-corrected chi connectivity index (χ2v) is 12.6. The first-order valence-corrected chi connectivity index (χ1v) is 15.4. The van der Waals surface area contributed by atoms with Gasteiger partial charge in [0, 0.05) is 75.1 Å². The van der Waals surface area contributed by atoms with Gasteiger partial charge in [0.25, 0.3) is 5.56 Å². The number of amides is 1. The number of aromatic nitrogens is 3. The molecule has 2 saturated heterocycles. The number of hydrogen-bond donors (Lipinski definition) is 1. The van der Waals surface area contributed by atoms with E-state index in [0.29, 0.717) is 29.8 Å². The summed E-state index contributed by atoms with van der Waals surface area (Å²) in [7, 11) is 0. The van der Waals surface area contributed by atoms with Gasteiger partial charge in [-0.05, 0) is 50.8 Å². The van der Waals surface area contributed by atoms with Crippen molar-refractivity contribution in [3.8, 4) is 5.75 Å². The zero-order valence-electron chi connectivity index (χ0n) is 25.4. The number of hydrogen-bond acceptors (Lipinski definition) is 9. The van der Waals surface area contributed by atoms with Gasteiger partial charge in [-0.1, -0.05) is 12.8 Å². The molecule has 2 aromatic heterocycles. The lowest BCUT2D eigenvalue weighted by molar-refractivity contribution is -0.136. The molecule has 1 aliphatic carbocycles. The summed E-state index contributed by atoms with van der Waals surface area (Å²) >= 11 is 0. The number of aryl methyl sites for hydroxylation is 2. The van der Waals surface area contributed by atoms with Crippen LogP contribution in [0.3, 0.4) is 0 Å². The van der Waals surface area contributed by atoms with Gasteiger partial charge in [0.2, 0.25) is 11.9 Å². The lowest BCUT2D eigenvalue weighted by atomic mass is 10.0. The highest BCUT2D eigenvalue weighted by Crippen LogP contribution is 2.41. The topological polar surface area (TPSA) is 113 Å². The van der Waals surface area contributed by atoms with Crippen LogP contribution in [0.15, 0.2) is 23.1 Å². The van der Waals surface area contributed by atoms with Crippen LogP contribution in [-0.4, -0.2) is 87.4 Å². The Morgan fingerprint density at radius 1 is 1.00 bits per heavy atom. The predicted octanol–water partition coefficient (Wildman–Crippen LogP) is 3.58. The van der Waals surface area contributed by atoms with E-state index in [2.05, 4.69) is 33.1 Å². The molecular weight excluding hydrogens is 546 g/mol. The van der Waals surface area contributed by atoms with Crippen molar-refractivity contribution in [2.45, 2.75) is 71.5 Å². The zero-order valence-corrected chi connectivity index (χ0v) is 25.4. The smallest absolute Gasteiger partial charge is 0.263 e. The SMILES string of the molecule is CC(=O)c1c(C)c2cnc(Nc3cc(C)c4c(c3)OC[C@H]3CN(C5CN(C(C)=O)C5)CCN43)nc2n(C2CCCC2)c1=O. The molecule has 0 radical (unpaired) electrons. The summed E-state index contributed by atoms with van der Waals surface area (Å²) in [5, 5.41) is 4.09. The average Bonchev–Trinajstić information content (AvgIpc) is 3.46. The van der Waals surface area contributed by atoms with Crippen LogP contribution in [0.4, 0.5) is 17.3 Å². The van der Waals surface area contributed by atoms with E-state index in [4.69, 9.17) is 9.72 Å². The van der Waals surface area contributed by atoms with E-state index in [0.717, 1.165) is 86.5 Å². The first kappa shape index (κ1) is 27.8. The minimum Gasteiger partial charge on any atom is -0.489 e. The van der Waals surface area contributed by atoms with E-state index in [1.807, 2.05) is 11.0 Å². The van der Waals surface area contributed by atoms with Gasteiger partial charge in [0.15, 0.2) is 5.78 Å². The molecule has 11 nitrogen and oxygen atoms in total. The molecule has 1 N–H and O–H groups in total. The number of pyridine rings is 1. The Morgan fingerprint density at radius 2 is 1.77 bits per heavy atom. The lowest BCUT2D eigenvalue weighted by Gasteiger charge is -2.52. The third kappa shape index (κ3) is 4.74. The molecule has 226 valence electrons. The fraction of sp³-hybridized carbons (Fsp3) is 0.531. The number of carbonyl (C=O) groups excluding carboxylic acids is 2. The summed E-state index contributed by atoms with van der Waals surface area (Å²) in [5.74, 6) is 1.16. The third-order valence-corrected chi connectivity index (χ3v) is 9.83. The van der Waals surface area contributed by atoms with Crippen LogP contribution in [0.25, 0.3) is 11.0 Å². The maximum atomic E-state index is 13.6. The number of anilines is 3. The quantitative estimate of drug-likeness (QED) is 0.449. The second kappa shape index (κ2) is 10.6. The molecule has 43 heavy (non-hydrogen) atoms. The predicted molar refractivity (Wildman–Crippen MR) is 165 cm³/mol. The van der Waals surface area contributed by atoms with Gasteiger partial charge in [0.1, 0.15) is 18.0 Å². The minimum absolute atomic E-state index is 0.0293.